The lowest BCUT2D eigenvalue weighted by atomic mass is 9.67. The van der Waals surface area contributed by atoms with Crippen LogP contribution in [0.25, 0.3) is 66.1 Å². The number of fused-ring (bicyclic) bond motifs is 9. The van der Waals surface area contributed by atoms with Crippen molar-refractivity contribution in [3.8, 4) is 44.5 Å². The second-order valence-corrected chi connectivity index (χ2v) is 20.6. The van der Waals surface area contributed by atoms with Gasteiger partial charge in [0.05, 0.1) is 10.8 Å². The van der Waals surface area contributed by atoms with Crippen molar-refractivity contribution in [2.45, 2.75) is 10.8 Å². The molecule has 0 saturated heterocycles. The summed E-state index contributed by atoms with van der Waals surface area (Å²) in [6.45, 7) is 0. The van der Waals surface area contributed by atoms with Crippen LogP contribution in [0.2, 0.25) is 0 Å². The molecular weight excluding hydrogens is 927 g/mol. The van der Waals surface area contributed by atoms with E-state index in [2.05, 4.69) is 314 Å². The molecule has 0 spiro atoms. The van der Waals surface area contributed by atoms with Crippen molar-refractivity contribution >= 4 is 38.6 Å². The molecule has 0 bridgehead atoms. The molecule has 13 aromatic rings. The fourth-order valence-corrected chi connectivity index (χ4v) is 13.7. The van der Waals surface area contributed by atoms with Crippen molar-refractivity contribution < 1.29 is 0 Å². The first-order valence-corrected chi connectivity index (χ1v) is 26.8. The Morgan fingerprint density at radius 3 is 0.909 bits per heavy atom. The smallest absolute Gasteiger partial charge is 0.0714 e. The van der Waals surface area contributed by atoms with Crippen LogP contribution in [0, 0.1) is 0 Å². The summed E-state index contributed by atoms with van der Waals surface area (Å²) in [4.78, 5) is 2.51. The molecule has 2 aliphatic rings. The van der Waals surface area contributed by atoms with Crippen molar-refractivity contribution in [3.63, 3.8) is 0 Å². The highest BCUT2D eigenvalue weighted by Gasteiger charge is 2.48. The van der Waals surface area contributed by atoms with Crippen LogP contribution in [0.4, 0.5) is 17.1 Å². The molecule has 0 atom stereocenters. The standard InChI is InChI=1S/C76H51N/c1-6-24-52(25-7-1)73-67-38-18-16-34-61(67)62-35-17-19-39-68(62)74(73)53-42-44-58(45-43-53)77(59-46-48-65-63-36-20-22-40-69(63)75(71(65)50-59,54-26-8-2-9-27-54)55-28-10-3-11-29-55)60-47-49-66-64-37-21-23-41-70(64)76(72(66)51-60,56-30-12-4-13-31-56)57-32-14-5-15-33-57/h1-51H. The third kappa shape index (κ3) is 6.67. The van der Waals surface area contributed by atoms with Gasteiger partial charge in [0.25, 0.3) is 0 Å². The molecule has 0 aromatic heterocycles. The molecule has 2 aliphatic carbocycles. The van der Waals surface area contributed by atoms with E-state index in [9.17, 15) is 0 Å². The van der Waals surface area contributed by atoms with E-state index >= 15 is 0 Å². The molecule has 15 rings (SSSR count). The molecular formula is C76H51N. The van der Waals surface area contributed by atoms with Crippen molar-refractivity contribution in [3.05, 3.63) is 354 Å². The third-order valence-electron chi connectivity index (χ3n) is 16.8. The zero-order chi connectivity index (χ0) is 50.9. The summed E-state index contributed by atoms with van der Waals surface area (Å²) < 4.78 is 0. The van der Waals surface area contributed by atoms with Gasteiger partial charge in [-0.3, -0.25) is 0 Å². The number of hydrogen-bond donors (Lipinski definition) is 0. The molecule has 13 aromatic carbocycles. The second-order valence-electron chi connectivity index (χ2n) is 20.6. The Morgan fingerprint density at radius 1 is 0.208 bits per heavy atom. The quantitative estimate of drug-likeness (QED) is 0.130. The lowest BCUT2D eigenvalue weighted by Crippen LogP contribution is -2.29. The number of nitrogens with zero attached hydrogens (tertiary/aromatic N) is 1. The molecule has 0 heterocycles. The van der Waals surface area contributed by atoms with E-state index in [0.717, 1.165) is 17.1 Å². The highest BCUT2D eigenvalue weighted by atomic mass is 15.1. The topological polar surface area (TPSA) is 3.24 Å². The fraction of sp³-hybridized carbons (Fsp3) is 0.0263. The number of rotatable bonds is 9. The number of hydrogen-bond acceptors (Lipinski definition) is 1. The third-order valence-corrected chi connectivity index (χ3v) is 16.8. The SMILES string of the molecule is c1ccc(-c2c(-c3ccc(N(c4ccc5c(c4)C(c4ccccc4)(c4ccccc4)c4ccccc4-5)c4ccc5c(c4)C(c4ccccc4)(c4ccccc4)c4ccccc4-5)cc3)c3ccccc3c3ccccc23)cc1. The van der Waals surface area contributed by atoms with Gasteiger partial charge in [-0.2, -0.15) is 0 Å². The first kappa shape index (κ1) is 44.6. The van der Waals surface area contributed by atoms with Crippen molar-refractivity contribution in [2.24, 2.45) is 0 Å². The van der Waals surface area contributed by atoms with Crippen LogP contribution in [0.1, 0.15) is 44.5 Å². The highest BCUT2D eigenvalue weighted by molar-refractivity contribution is 6.21. The Labute approximate surface area is 450 Å². The molecule has 1 nitrogen and oxygen atoms in total. The van der Waals surface area contributed by atoms with E-state index in [1.54, 1.807) is 0 Å². The van der Waals surface area contributed by atoms with Gasteiger partial charge in [0.15, 0.2) is 0 Å². The monoisotopic (exact) mass is 977 g/mol. The first-order chi connectivity index (χ1) is 38.2. The molecule has 0 N–H and O–H groups in total. The number of benzene rings is 13. The Morgan fingerprint density at radius 2 is 0.506 bits per heavy atom. The summed E-state index contributed by atoms with van der Waals surface area (Å²) in [5.74, 6) is 0. The molecule has 0 fully saturated rings. The van der Waals surface area contributed by atoms with Crippen LogP contribution in [0.15, 0.2) is 309 Å². The summed E-state index contributed by atoms with van der Waals surface area (Å²) >= 11 is 0. The van der Waals surface area contributed by atoms with Crippen LogP contribution < -0.4 is 4.90 Å². The van der Waals surface area contributed by atoms with E-state index in [1.165, 1.54) is 111 Å². The molecule has 1 heteroatoms. The summed E-state index contributed by atoms with van der Waals surface area (Å²) in [6, 6.07) is 115. The van der Waals surface area contributed by atoms with Crippen molar-refractivity contribution in [1.82, 2.24) is 0 Å². The molecule has 0 aliphatic heterocycles. The maximum Gasteiger partial charge on any atom is 0.0714 e. The summed E-state index contributed by atoms with van der Waals surface area (Å²) in [7, 11) is 0. The Kier molecular flexibility index (Phi) is 10.4. The predicted octanol–water partition coefficient (Wildman–Crippen LogP) is 19.5. The van der Waals surface area contributed by atoms with E-state index in [0.29, 0.717) is 0 Å². The van der Waals surface area contributed by atoms with E-state index in [-0.39, 0.29) is 0 Å². The molecule has 0 radical (unpaired) electrons. The van der Waals surface area contributed by atoms with Crippen LogP contribution in [0.3, 0.4) is 0 Å². The predicted molar refractivity (Wildman–Crippen MR) is 322 cm³/mol. The lowest BCUT2D eigenvalue weighted by Gasteiger charge is -2.36. The van der Waals surface area contributed by atoms with E-state index in [1.807, 2.05) is 0 Å². The van der Waals surface area contributed by atoms with Gasteiger partial charge in [-0.15, -0.1) is 0 Å². The summed E-state index contributed by atoms with van der Waals surface area (Å²) in [5.41, 5.74) is 22.1. The van der Waals surface area contributed by atoms with Crippen LogP contribution >= 0.6 is 0 Å². The Balaban J connectivity index is 0.999. The molecule has 0 amide bonds. The van der Waals surface area contributed by atoms with Crippen LogP contribution in [-0.4, -0.2) is 0 Å². The van der Waals surface area contributed by atoms with Gasteiger partial charge in [0, 0.05) is 17.1 Å². The lowest BCUT2D eigenvalue weighted by molar-refractivity contribution is 0.767. The maximum absolute atomic E-state index is 2.51. The van der Waals surface area contributed by atoms with Crippen molar-refractivity contribution in [1.29, 1.82) is 0 Å². The number of anilines is 3. The Hall–Kier alpha value is -9.82. The van der Waals surface area contributed by atoms with Gasteiger partial charge >= 0.3 is 0 Å². The van der Waals surface area contributed by atoms with E-state index < -0.39 is 10.8 Å². The Bertz CT molecular complexity index is 4090. The largest absolute Gasteiger partial charge is 0.310 e. The van der Waals surface area contributed by atoms with Gasteiger partial charge in [-0.05, 0) is 147 Å². The fourth-order valence-electron chi connectivity index (χ4n) is 13.7. The van der Waals surface area contributed by atoms with Gasteiger partial charge in [-0.25, -0.2) is 0 Å². The van der Waals surface area contributed by atoms with Crippen molar-refractivity contribution in [2.75, 3.05) is 4.90 Å². The van der Waals surface area contributed by atoms with Crippen LogP contribution in [-0.2, 0) is 10.8 Å². The van der Waals surface area contributed by atoms with Gasteiger partial charge in [0.1, 0.15) is 0 Å². The zero-order valence-corrected chi connectivity index (χ0v) is 42.4. The average Bonchev–Trinajstić information content (AvgIpc) is 4.20. The summed E-state index contributed by atoms with van der Waals surface area (Å²) in [6.07, 6.45) is 0. The zero-order valence-electron chi connectivity index (χ0n) is 42.4. The minimum absolute atomic E-state index is 0.569. The molecule has 77 heavy (non-hydrogen) atoms. The maximum atomic E-state index is 2.51. The molecule has 0 unspecified atom stereocenters. The molecule has 0 saturated carbocycles. The average molecular weight is 978 g/mol. The van der Waals surface area contributed by atoms with Gasteiger partial charge in [-0.1, -0.05) is 273 Å². The van der Waals surface area contributed by atoms with Crippen LogP contribution in [0.5, 0.6) is 0 Å². The highest BCUT2D eigenvalue weighted by Crippen LogP contribution is 2.60. The second kappa shape index (κ2) is 17.9. The minimum atomic E-state index is -0.569. The van der Waals surface area contributed by atoms with Gasteiger partial charge in [0.2, 0.25) is 0 Å². The first-order valence-electron chi connectivity index (χ1n) is 26.8. The summed E-state index contributed by atoms with van der Waals surface area (Å²) in [5, 5.41) is 5.00. The van der Waals surface area contributed by atoms with E-state index in [4.69, 9.17) is 0 Å². The minimum Gasteiger partial charge on any atom is -0.310 e. The van der Waals surface area contributed by atoms with Gasteiger partial charge < -0.3 is 4.90 Å². The normalized spacial score (nSPS) is 13.4. The molecule has 360 valence electrons.